The van der Waals surface area contributed by atoms with Gasteiger partial charge >= 0.3 is 0 Å². The van der Waals surface area contributed by atoms with E-state index in [9.17, 15) is 0 Å². The second-order valence-corrected chi connectivity index (χ2v) is 4.69. The van der Waals surface area contributed by atoms with E-state index >= 15 is 0 Å². The monoisotopic (exact) mass is 420 g/mol. The Hall–Kier alpha value is -2.42. The number of imidazole rings is 1. The number of pyridine rings is 1. The van der Waals surface area contributed by atoms with Gasteiger partial charge in [0.2, 0.25) is 0 Å². The highest BCUT2D eigenvalue weighted by Crippen LogP contribution is 2.07. The molecule has 0 saturated heterocycles. The van der Waals surface area contributed by atoms with Crippen LogP contribution in [0.2, 0.25) is 0 Å². The van der Waals surface area contributed by atoms with Gasteiger partial charge in [-0.1, -0.05) is 24.3 Å². The van der Waals surface area contributed by atoms with Gasteiger partial charge in [0.15, 0.2) is 5.96 Å². The van der Waals surface area contributed by atoms with E-state index in [-0.39, 0.29) is 24.0 Å². The third-order valence-electron chi connectivity index (χ3n) is 3.06. The molecule has 0 unspecified atom stereocenters. The zero-order chi connectivity index (χ0) is 15.2. The van der Waals surface area contributed by atoms with Crippen molar-refractivity contribution in [3.63, 3.8) is 0 Å². The van der Waals surface area contributed by atoms with Crippen LogP contribution < -0.4 is 11.1 Å². The molecule has 0 fully saturated rings. The van der Waals surface area contributed by atoms with Gasteiger partial charge in [-0.25, -0.2) is 15.0 Å². The molecule has 23 heavy (non-hydrogen) atoms. The molecule has 0 atom stereocenters. The average molecular weight is 420 g/mol. The molecule has 7 heteroatoms. The number of hydrogen-bond donors (Lipinski definition) is 2. The second kappa shape index (κ2) is 8.28. The van der Waals surface area contributed by atoms with E-state index < -0.39 is 0 Å². The molecule has 0 aliphatic heterocycles. The van der Waals surface area contributed by atoms with Gasteiger partial charge in [0.05, 0.1) is 6.54 Å². The van der Waals surface area contributed by atoms with Gasteiger partial charge in [0.1, 0.15) is 12.1 Å². The van der Waals surface area contributed by atoms with Crippen molar-refractivity contribution in [1.82, 2.24) is 14.5 Å². The summed E-state index contributed by atoms with van der Waals surface area (Å²) in [6.07, 6.45) is 7.06. The molecule has 0 saturated carbocycles. The lowest BCUT2D eigenvalue weighted by Gasteiger charge is -2.05. The first-order chi connectivity index (χ1) is 10.8. The maximum Gasteiger partial charge on any atom is 0.193 e. The lowest BCUT2D eigenvalue weighted by Crippen LogP contribution is -2.22. The van der Waals surface area contributed by atoms with Gasteiger partial charge in [0, 0.05) is 24.3 Å². The van der Waals surface area contributed by atoms with Crippen molar-refractivity contribution in [2.45, 2.75) is 6.54 Å². The number of halogens is 1. The molecule has 3 N–H and O–H groups in total. The lowest BCUT2D eigenvalue weighted by molar-refractivity contribution is 0.967. The number of aliphatic imine (C=N–C) groups is 1. The van der Waals surface area contributed by atoms with Gasteiger partial charge in [0.25, 0.3) is 0 Å². The van der Waals surface area contributed by atoms with Crippen molar-refractivity contribution in [3.05, 3.63) is 72.9 Å². The maximum atomic E-state index is 5.87. The molecule has 6 nitrogen and oxygen atoms in total. The van der Waals surface area contributed by atoms with Crippen LogP contribution in [0.25, 0.3) is 5.82 Å². The van der Waals surface area contributed by atoms with Crippen molar-refractivity contribution >= 4 is 35.6 Å². The summed E-state index contributed by atoms with van der Waals surface area (Å²) >= 11 is 0. The largest absolute Gasteiger partial charge is 0.370 e. The van der Waals surface area contributed by atoms with Gasteiger partial charge in [-0.15, -0.1) is 24.0 Å². The number of nitrogens with one attached hydrogen (secondary N) is 1. The molecule has 0 amide bonds. The summed E-state index contributed by atoms with van der Waals surface area (Å²) in [7, 11) is 0. The lowest BCUT2D eigenvalue weighted by atomic mass is 10.3. The number of aromatic nitrogens is 3. The summed E-state index contributed by atoms with van der Waals surface area (Å²) in [6, 6.07) is 13.6. The van der Waals surface area contributed by atoms with Crippen molar-refractivity contribution in [2.75, 3.05) is 5.32 Å². The van der Waals surface area contributed by atoms with Crippen LogP contribution in [0.5, 0.6) is 0 Å². The minimum Gasteiger partial charge on any atom is -0.370 e. The number of guanidine groups is 1. The second-order valence-electron chi connectivity index (χ2n) is 4.69. The molecule has 0 bridgehead atoms. The Kier molecular flexibility index (Phi) is 6.10. The molecule has 3 rings (SSSR count). The van der Waals surface area contributed by atoms with Gasteiger partial charge < -0.3 is 11.1 Å². The summed E-state index contributed by atoms with van der Waals surface area (Å²) in [5, 5.41) is 3.04. The molecule has 118 valence electrons. The Labute approximate surface area is 151 Å². The standard InChI is InChI=1S/C16H16N6.HI/c17-16(21-14-4-2-1-3-5-14)20-11-13-6-7-15(19-10-13)22-9-8-18-12-22;/h1-10,12H,11H2,(H3,17,20,21);1H. The molecule has 0 aliphatic carbocycles. The van der Waals surface area contributed by atoms with E-state index in [1.807, 2.05) is 53.2 Å². The molecule has 2 heterocycles. The SMILES string of the molecule is I.NC(=NCc1ccc(-n2ccnc2)nc1)Nc1ccccc1. The summed E-state index contributed by atoms with van der Waals surface area (Å²) in [6.45, 7) is 0.475. The van der Waals surface area contributed by atoms with E-state index in [0.29, 0.717) is 12.5 Å². The summed E-state index contributed by atoms with van der Waals surface area (Å²) in [5.41, 5.74) is 7.77. The number of benzene rings is 1. The van der Waals surface area contributed by atoms with E-state index in [1.165, 1.54) is 0 Å². The first kappa shape index (κ1) is 16.9. The van der Waals surface area contributed by atoms with E-state index in [0.717, 1.165) is 17.1 Å². The molecule has 0 radical (unpaired) electrons. The fraction of sp³-hybridized carbons (Fsp3) is 0.0625. The first-order valence-electron chi connectivity index (χ1n) is 6.86. The van der Waals surface area contributed by atoms with Gasteiger partial charge in [-0.2, -0.15) is 0 Å². The third kappa shape index (κ3) is 4.78. The number of nitrogens with two attached hydrogens (primary N) is 1. The molecule has 0 spiro atoms. The van der Waals surface area contributed by atoms with Crippen molar-refractivity contribution in [3.8, 4) is 5.82 Å². The van der Waals surface area contributed by atoms with Crippen LogP contribution in [0.15, 0.2) is 72.4 Å². The average Bonchev–Trinajstić information content (AvgIpc) is 3.09. The molecule has 1 aromatic carbocycles. The predicted octanol–water partition coefficient (Wildman–Crippen LogP) is 2.81. The zero-order valence-corrected chi connectivity index (χ0v) is 14.7. The third-order valence-corrected chi connectivity index (χ3v) is 3.06. The highest BCUT2D eigenvalue weighted by molar-refractivity contribution is 14.0. The van der Waals surface area contributed by atoms with Crippen molar-refractivity contribution < 1.29 is 0 Å². The fourth-order valence-electron chi connectivity index (χ4n) is 1.94. The molecular formula is C16H17IN6. The van der Waals surface area contributed by atoms with Crippen molar-refractivity contribution in [2.24, 2.45) is 10.7 Å². The van der Waals surface area contributed by atoms with Crippen LogP contribution in [-0.4, -0.2) is 20.5 Å². The Bertz CT molecular complexity index is 738. The van der Waals surface area contributed by atoms with Gasteiger partial charge in [-0.05, 0) is 23.8 Å². The first-order valence-corrected chi connectivity index (χ1v) is 6.86. The Morgan fingerprint density at radius 2 is 2.00 bits per heavy atom. The minimum absolute atomic E-state index is 0. The Morgan fingerprint density at radius 3 is 2.65 bits per heavy atom. The number of nitrogens with zero attached hydrogens (tertiary/aromatic N) is 4. The summed E-state index contributed by atoms with van der Waals surface area (Å²) in [4.78, 5) is 12.7. The quantitative estimate of drug-likeness (QED) is 0.387. The topological polar surface area (TPSA) is 81.1 Å². The maximum absolute atomic E-state index is 5.87. The van der Waals surface area contributed by atoms with Crippen LogP contribution in [0, 0.1) is 0 Å². The highest BCUT2D eigenvalue weighted by atomic mass is 127. The number of rotatable bonds is 4. The van der Waals surface area contributed by atoms with Crippen LogP contribution in [-0.2, 0) is 6.54 Å². The number of para-hydroxylation sites is 1. The molecule has 3 aromatic rings. The van der Waals surface area contributed by atoms with Crippen LogP contribution in [0.1, 0.15) is 5.56 Å². The zero-order valence-electron chi connectivity index (χ0n) is 12.3. The molecule has 0 aliphatic rings. The van der Waals surface area contributed by atoms with Crippen LogP contribution in [0.3, 0.4) is 0 Å². The smallest absolute Gasteiger partial charge is 0.193 e. The molecular weight excluding hydrogens is 403 g/mol. The van der Waals surface area contributed by atoms with Crippen LogP contribution in [0.4, 0.5) is 5.69 Å². The van der Waals surface area contributed by atoms with Gasteiger partial charge in [-0.3, -0.25) is 4.57 Å². The highest BCUT2D eigenvalue weighted by Gasteiger charge is 1.98. The van der Waals surface area contributed by atoms with Crippen molar-refractivity contribution in [1.29, 1.82) is 0 Å². The Balaban J connectivity index is 0.00000192. The number of anilines is 1. The van der Waals surface area contributed by atoms with Crippen LogP contribution >= 0.6 is 24.0 Å². The Morgan fingerprint density at radius 1 is 1.17 bits per heavy atom. The predicted molar refractivity (Wildman–Crippen MR) is 102 cm³/mol. The summed E-state index contributed by atoms with van der Waals surface area (Å²) in [5.74, 6) is 1.20. The van der Waals surface area contributed by atoms with E-state index in [4.69, 9.17) is 5.73 Å². The van der Waals surface area contributed by atoms with E-state index in [1.54, 1.807) is 18.7 Å². The minimum atomic E-state index is 0. The molecule has 2 aromatic heterocycles. The summed E-state index contributed by atoms with van der Waals surface area (Å²) < 4.78 is 1.85. The normalized spacial score (nSPS) is 10.9. The van der Waals surface area contributed by atoms with E-state index in [2.05, 4.69) is 20.3 Å². The fourth-order valence-corrected chi connectivity index (χ4v) is 1.94. The number of hydrogen-bond acceptors (Lipinski definition) is 3.